The lowest BCUT2D eigenvalue weighted by atomic mass is 9.84. The van der Waals surface area contributed by atoms with Gasteiger partial charge in [0.15, 0.2) is 0 Å². The average molecular weight is 242 g/mol. The molecule has 0 aromatic carbocycles. The van der Waals surface area contributed by atoms with Gasteiger partial charge in [0.25, 0.3) is 0 Å². The summed E-state index contributed by atoms with van der Waals surface area (Å²) in [7, 11) is 0. The second-order valence-corrected chi connectivity index (χ2v) is 5.30. The van der Waals surface area contributed by atoms with Crippen molar-refractivity contribution in [1.29, 1.82) is 0 Å². The van der Waals surface area contributed by atoms with Crippen molar-refractivity contribution >= 4 is 5.91 Å². The molecule has 17 heavy (non-hydrogen) atoms. The minimum absolute atomic E-state index is 0.0162. The molecule has 3 unspecified atom stereocenters. The monoisotopic (exact) mass is 242 g/mol. The second-order valence-electron chi connectivity index (χ2n) is 5.30. The molecule has 3 atom stereocenters. The SMILES string of the molecule is NC1CCCCC1C(=O)NCC1(O)CCOC1. The molecule has 1 saturated carbocycles. The van der Waals surface area contributed by atoms with Crippen LogP contribution in [-0.2, 0) is 9.53 Å². The number of nitrogens with two attached hydrogens (primary N) is 1. The van der Waals surface area contributed by atoms with Crippen molar-refractivity contribution in [2.75, 3.05) is 19.8 Å². The molecule has 0 aromatic heterocycles. The Hall–Kier alpha value is -0.650. The van der Waals surface area contributed by atoms with Gasteiger partial charge in [-0.15, -0.1) is 0 Å². The Kier molecular flexibility index (Phi) is 4.01. The van der Waals surface area contributed by atoms with Crippen LogP contribution in [0.25, 0.3) is 0 Å². The van der Waals surface area contributed by atoms with Gasteiger partial charge in [-0.05, 0) is 12.8 Å². The fourth-order valence-electron chi connectivity index (χ4n) is 2.60. The van der Waals surface area contributed by atoms with Crippen molar-refractivity contribution in [3.8, 4) is 0 Å². The van der Waals surface area contributed by atoms with E-state index >= 15 is 0 Å². The van der Waals surface area contributed by atoms with Crippen molar-refractivity contribution in [3.05, 3.63) is 0 Å². The maximum Gasteiger partial charge on any atom is 0.224 e. The number of aliphatic hydroxyl groups is 1. The minimum Gasteiger partial charge on any atom is -0.386 e. The molecule has 0 spiro atoms. The Labute approximate surface area is 102 Å². The second kappa shape index (κ2) is 5.33. The summed E-state index contributed by atoms with van der Waals surface area (Å²) < 4.78 is 5.13. The molecule has 1 saturated heterocycles. The largest absolute Gasteiger partial charge is 0.386 e. The lowest BCUT2D eigenvalue weighted by Gasteiger charge is -2.29. The molecule has 2 rings (SSSR count). The predicted octanol–water partition coefficient (Wildman–Crippen LogP) is -0.228. The maximum atomic E-state index is 12.0. The summed E-state index contributed by atoms with van der Waals surface area (Å²) in [5.74, 6) is -0.104. The van der Waals surface area contributed by atoms with E-state index in [-0.39, 0.29) is 24.4 Å². The van der Waals surface area contributed by atoms with Crippen molar-refractivity contribution in [2.45, 2.75) is 43.7 Å². The van der Waals surface area contributed by atoms with Crippen LogP contribution in [-0.4, -0.2) is 42.4 Å². The van der Waals surface area contributed by atoms with Gasteiger partial charge in [0.05, 0.1) is 12.5 Å². The first kappa shape index (κ1) is 12.8. The first-order valence-corrected chi connectivity index (χ1v) is 6.44. The third kappa shape index (κ3) is 3.18. The fourth-order valence-corrected chi connectivity index (χ4v) is 2.60. The highest BCUT2D eigenvalue weighted by Gasteiger charge is 2.34. The van der Waals surface area contributed by atoms with E-state index in [1.165, 1.54) is 0 Å². The number of hydrogen-bond acceptors (Lipinski definition) is 4. The van der Waals surface area contributed by atoms with Crippen molar-refractivity contribution in [3.63, 3.8) is 0 Å². The number of carbonyl (C=O) groups excluding carboxylic acids is 1. The van der Waals surface area contributed by atoms with Crippen LogP contribution in [0.2, 0.25) is 0 Å². The number of nitrogens with one attached hydrogen (secondary N) is 1. The zero-order valence-corrected chi connectivity index (χ0v) is 10.2. The van der Waals surface area contributed by atoms with Gasteiger partial charge >= 0.3 is 0 Å². The van der Waals surface area contributed by atoms with Gasteiger partial charge in [-0.3, -0.25) is 4.79 Å². The number of rotatable bonds is 3. The molecule has 0 bridgehead atoms. The Morgan fingerprint density at radius 2 is 2.24 bits per heavy atom. The highest BCUT2D eigenvalue weighted by Crippen LogP contribution is 2.23. The molecule has 1 aliphatic heterocycles. The molecule has 0 radical (unpaired) electrons. The zero-order valence-electron chi connectivity index (χ0n) is 10.2. The quantitative estimate of drug-likeness (QED) is 0.638. The number of carbonyl (C=O) groups is 1. The summed E-state index contributed by atoms with van der Waals surface area (Å²) in [5, 5.41) is 12.8. The predicted molar refractivity (Wildman–Crippen MR) is 63.3 cm³/mol. The van der Waals surface area contributed by atoms with Crippen LogP contribution >= 0.6 is 0 Å². The van der Waals surface area contributed by atoms with Crippen LogP contribution in [0.4, 0.5) is 0 Å². The first-order valence-electron chi connectivity index (χ1n) is 6.44. The molecule has 1 amide bonds. The Balaban J connectivity index is 1.80. The van der Waals surface area contributed by atoms with Gasteiger partial charge < -0.3 is 20.9 Å². The molecule has 1 heterocycles. The highest BCUT2D eigenvalue weighted by molar-refractivity contribution is 5.79. The molecule has 0 aromatic rings. The minimum atomic E-state index is -0.881. The van der Waals surface area contributed by atoms with Gasteiger partial charge in [-0.2, -0.15) is 0 Å². The third-order valence-corrected chi connectivity index (χ3v) is 3.83. The lowest BCUT2D eigenvalue weighted by Crippen LogP contribution is -2.49. The molecule has 5 heteroatoms. The first-order chi connectivity index (χ1) is 8.11. The lowest BCUT2D eigenvalue weighted by molar-refractivity contribution is -0.127. The number of amides is 1. The van der Waals surface area contributed by atoms with Crippen LogP contribution in [0.5, 0.6) is 0 Å². The smallest absolute Gasteiger partial charge is 0.224 e. The summed E-state index contributed by atoms with van der Waals surface area (Å²) in [6.07, 6.45) is 4.55. The maximum absolute atomic E-state index is 12.0. The van der Waals surface area contributed by atoms with E-state index in [4.69, 9.17) is 10.5 Å². The molecule has 2 fully saturated rings. The number of ether oxygens (including phenoxy) is 1. The average Bonchev–Trinajstić information content (AvgIpc) is 2.74. The van der Waals surface area contributed by atoms with Crippen LogP contribution < -0.4 is 11.1 Å². The Morgan fingerprint density at radius 1 is 1.47 bits per heavy atom. The van der Waals surface area contributed by atoms with E-state index in [9.17, 15) is 9.90 Å². The Morgan fingerprint density at radius 3 is 2.88 bits per heavy atom. The van der Waals surface area contributed by atoms with Gasteiger partial charge in [-0.1, -0.05) is 12.8 Å². The topological polar surface area (TPSA) is 84.6 Å². The van der Waals surface area contributed by atoms with Crippen LogP contribution in [0.3, 0.4) is 0 Å². The Bertz CT molecular complexity index is 277. The van der Waals surface area contributed by atoms with Crippen molar-refractivity contribution < 1.29 is 14.6 Å². The zero-order chi connectivity index (χ0) is 12.3. The van der Waals surface area contributed by atoms with Gasteiger partial charge in [0.1, 0.15) is 5.60 Å². The summed E-state index contributed by atoms with van der Waals surface area (Å²) in [6.45, 7) is 1.15. The van der Waals surface area contributed by atoms with E-state index in [2.05, 4.69) is 5.32 Å². The molecular weight excluding hydrogens is 220 g/mol. The van der Waals surface area contributed by atoms with Gasteiger partial charge in [0.2, 0.25) is 5.91 Å². The summed E-state index contributed by atoms with van der Waals surface area (Å²) in [4.78, 5) is 12.0. The molecule has 98 valence electrons. The summed E-state index contributed by atoms with van der Waals surface area (Å²) >= 11 is 0. The standard InChI is InChI=1S/C12H22N2O3/c13-10-4-2-1-3-9(10)11(15)14-7-12(16)5-6-17-8-12/h9-10,16H,1-8,13H2,(H,14,15). The van der Waals surface area contributed by atoms with Crippen molar-refractivity contribution in [1.82, 2.24) is 5.32 Å². The number of hydrogen-bond donors (Lipinski definition) is 3. The van der Waals surface area contributed by atoms with Crippen LogP contribution in [0.1, 0.15) is 32.1 Å². The third-order valence-electron chi connectivity index (χ3n) is 3.83. The van der Waals surface area contributed by atoms with Crippen LogP contribution in [0.15, 0.2) is 0 Å². The van der Waals surface area contributed by atoms with Crippen molar-refractivity contribution in [2.24, 2.45) is 11.7 Å². The van der Waals surface area contributed by atoms with Gasteiger partial charge in [0, 0.05) is 25.6 Å². The van der Waals surface area contributed by atoms with E-state index in [0.717, 1.165) is 25.7 Å². The van der Waals surface area contributed by atoms with E-state index in [1.807, 2.05) is 0 Å². The molecular formula is C12H22N2O3. The highest BCUT2D eigenvalue weighted by atomic mass is 16.5. The molecule has 1 aliphatic carbocycles. The summed E-state index contributed by atoms with van der Waals surface area (Å²) in [6, 6.07) is -0.0294. The summed E-state index contributed by atoms with van der Waals surface area (Å²) in [5.41, 5.74) is 5.07. The van der Waals surface area contributed by atoms with E-state index in [0.29, 0.717) is 19.6 Å². The normalized spacial score (nSPS) is 38.0. The van der Waals surface area contributed by atoms with Gasteiger partial charge in [-0.25, -0.2) is 0 Å². The molecule has 4 N–H and O–H groups in total. The van der Waals surface area contributed by atoms with Crippen LogP contribution in [0, 0.1) is 5.92 Å². The molecule has 5 nitrogen and oxygen atoms in total. The van der Waals surface area contributed by atoms with E-state index in [1.54, 1.807) is 0 Å². The fraction of sp³-hybridized carbons (Fsp3) is 0.917. The van der Waals surface area contributed by atoms with E-state index < -0.39 is 5.60 Å². The molecule has 2 aliphatic rings.